The number of aryl methyl sites for hydroxylation is 1. The Hall–Kier alpha value is -0.890. The van der Waals surface area contributed by atoms with Gasteiger partial charge in [-0.25, -0.2) is 0 Å². The molecule has 0 amide bonds. The molecule has 0 saturated carbocycles. The quantitative estimate of drug-likeness (QED) is 0.652. The number of aromatic nitrogens is 1. The van der Waals surface area contributed by atoms with E-state index in [4.69, 9.17) is 0 Å². The van der Waals surface area contributed by atoms with Crippen LogP contribution in [0.25, 0.3) is 0 Å². The first kappa shape index (κ1) is 8.70. The molecule has 0 aromatic carbocycles. The number of hydrogen-bond acceptors (Lipinski definition) is 2. The maximum Gasteiger partial charge on any atom is 0.0349 e. The van der Waals surface area contributed by atoms with E-state index in [2.05, 4.69) is 29.9 Å². The molecule has 1 aromatic rings. The molecule has 0 bridgehead atoms. The minimum absolute atomic E-state index is 0.628. The predicted octanol–water partition coefficient (Wildman–Crippen LogP) is 2.16. The summed E-state index contributed by atoms with van der Waals surface area (Å²) in [6, 6.07) is 2.78. The fourth-order valence-corrected chi connectivity index (χ4v) is 2.16. The van der Waals surface area contributed by atoms with Gasteiger partial charge < -0.3 is 0 Å². The highest BCUT2D eigenvalue weighted by atomic mass is 15.1. The molecule has 2 nitrogen and oxygen atoms in total. The van der Waals surface area contributed by atoms with Crippen LogP contribution >= 0.6 is 0 Å². The Kier molecular flexibility index (Phi) is 2.32. The summed E-state index contributed by atoms with van der Waals surface area (Å²) in [4.78, 5) is 6.56. The second kappa shape index (κ2) is 3.46. The van der Waals surface area contributed by atoms with Crippen molar-refractivity contribution in [2.24, 2.45) is 0 Å². The largest absolute Gasteiger partial charge is 0.299 e. The Morgan fingerprint density at radius 1 is 1.54 bits per heavy atom. The van der Waals surface area contributed by atoms with Crippen molar-refractivity contribution >= 4 is 0 Å². The SMILES string of the molecule is Cc1cnccc1C1CCCN1C. The summed E-state index contributed by atoms with van der Waals surface area (Å²) < 4.78 is 0. The highest BCUT2D eigenvalue weighted by Gasteiger charge is 2.23. The number of rotatable bonds is 1. The van der Waals surface area contributed by atoms with E-state index >= 15 is 0 Å². The van der Waals surface area contributed by atoms with Crippen molar-refractivity contribution in [1.82, 2.24) is 9.88 Å². The van der Waals surface area contributed by atoms with Gasteiger partial charge in [-0.2, -0.15) is 0 Å². The van der Waals surface area contributed by atoms with Crippen LogP contribution in [0.5, 0.6) is 0 Å². The van der Waals surface area contributed by atoms with Crippen LogP contribution in [0, 0.1) is 6.92 Å². The molecule has 0 spiro atoms. The van der Waals surface area contributed by atoms with Gasteiger partial charge >= 0.3 is 0 Å². The van der Waals surface area contributed by atoms with E-state index in [1.54, 1.807) is 0 Å². The molecule has 0 radical (unpaired) electrons. The third-order valence-electron chi connectivity index (χ3n) is 2.94. The van der Waals surface area contributed by atoms with Crippen LogP contribution in [-0.4, -0.2) is 23.5 Å². The first-order valence-corrected chi connectivity index (χ1v) is 4.90. The van der Waals surface area contributed by atoms with E-state index in [0.717, 1.165) is 0 Å². The van der Waals surface area contributed by atoms with Crippen molar-refractivity contribution in [3.8, 4) is 0 Å². The summed E-state index contributed by atoms with van der Waals surface area (Å²) in [7, 11) is 2.21. The van der Waals surface area contributed by atoms with Gasteiger partial charge in [-0.1, -0.05) is 0 Å². The molecule has 1 unspecified atom stereocenters. The minimum Gasteiger partial charge on any atom is -0.299 e. The van der Waals surface area contributed by atoms with Gasteiger partial charge in [0.15, 0.2) is 0 Å². The van der Waals surface area contributed by atoms with Gasteiger partial charge in [-0.05, 0) is 50.6 Å². The van der Waals surface area contributed by atoms with Crippen LogP contribution in [0.3, 0.4) is 0 Å². The van der Waals surface area contributed by atoms with Crippen molar-refractivity contribution in [2.75, 3.05) is 13.6 Å². The zero-order chi connectivity index (χ0) is 9.26. The second-order valence-corrected chi connectivity index (χ2v) is 3.87. The molecular formula is C11H16N2. The van der Waals surface area contributed by atoms with Crippen molar-refractivity contribution in [3.05, 3.63) is 29.6 Å². The maximum absolute atomic E-state index is 4.12. The molecule has 1 fully saturated rings. The monoisotopic (exact) mass is 176 g/mol. The third kappa shape index (κ3) is 1.59. The number of nitrogens with zero attached hydrogens (tertiary/aromatic N) is 2. The molecule has 70 valence electrons. The highest BCUT2D eigenvalue weighted by molar-refractivity contribution is 5.25. The van der Waals surface area contributed by atoms with E-state index < -0.39 is 0 Å². The normalized spacial score (nSPS) is 23.7. The lowest BCUT2D eigenvalue weighted by atomic mass is 10.0. The van der Waals surface area contributed by atoms with E-state index in [9.17, 15) is 0 Å². The Morgan fingerprint density at radius 2 is 2.38 bits per heavy atom. The van der Waals surface area contributed by atoms with Crippen molar-refractivity contribution in [2.45, 2.75) is 25.8 Å². The van der Waals surface area contributed by atoms with E-state index in [1.165, 1.54) is 30.5 Å². The Balaban J connectivity index is 2.29. The number of likely N-dealkylation sites (tertiary alicyclic amines) is 1. The molecule has 0 N–H and O–H groups in total. The van der Waals surface area contributed by atoms with Crippen LogP contribution in [-0.2, 0) is 0 Å². The molecule has 0 aliphatic carbocycles. The molecule has 2 rings (SSSR count). The van der Waals surface area contributed by atoms with Crippen LogP contribution in [0.15, 0.2) is 18.5 Å². The highest BCUT2D eigenvalue weighted by Crippen LogP contribution is 2.31. The molecule has 1 saturated heterocycles. The molecule has 2 heteroatoms. The molecule has 1 aliphatic heterocycles. The number of pyridine rings is 1. The zero-order valence-corrected chi connectivity index (χ0v) is 8.33. The summed E-state index contributed by atoms with van der Waals surface area (Å²) in [5.74, 6) is 0. The Morgan fingerprint density at radius 3 is 3.00 bits per heavy atom. The summed E-state index contributed by atoms with van der Waals surface area (Å²) in [6.07, 6.45) is 6.47. The average Bonchev–Trinajstić information content (AvgIpc) is 2.52. The van der Waals surface area contributed by atoms with Crippen LogP contribution in [0.4, 0.5) is 0 Å². The van der Waals surface area contributed by atoms with Crippen molar-refractivity contribution < 1.29 is 0 Å². The van der Waals surface area contributed by atoms with Crippen molar-refractivity contribution in [1.29, 1.82) is 0 Å². The van der Waals surface area contributed by atoms with Gasteiger partial charge in [0.25, 0.3) is 0 Å². The van der Waals surface area contributed by atoms with Crippen LogP contribution in [0.2, 0.25) is 0 Å². The average molecular weight is 176 g/mol. The lowest BCUT2D eigenvalue weighted by Crippen LogP contribution is -2.18. The fraction of sp³-hybridized carbons (Fsp3) is 0.545. The lowest BCUT2D eigenvalue weighted by Gasteiger charge is -2.21. The van der Waals surface area contributed by atoms with E-state index in [0.29, 0.717) is 6.04 Å². The molecule has 2 heterocycles. The van der Waals surface area contributed by atoms with Gasteiger partial charge in [0.2, 0.25) is 0 Å². The Labute approximate surface area is 79.6 Å². The first-order chi connectivity index (χ1) is 6.29. The van der Waals surface area contributed by atoms with Crippen LogP contribution in [0.1, 0.15) is 30.0 Å². The minimum atomic E-state index is 0.628. The lowest BCUT2D eigenvalue weighted by molar-refractivity contribution is 0.316. The van der Waals surface area contributed by atoms with Gasteiger partial charge in [0, 0.05) is 18.4 Å². The first-order valence-electron chi connectivity index (χ1n) is 4.90. The third-order valence-corrected chi connectivity index (χ3v) is 2.94. The maximum atomic E-state index is 4.12. The van der Waals surface area contributed by atoms with Gasteiger partial charge in [-0.3, -0.25) is 9.88 Å². The second-order valence-electron chi connectivity index (χ2n) is 3.87. The smallest absolute Gasteiger partial charge is 0.0349 e. The zero-order valence-electron chi connectivity index (χ0n) is 8.33. The summed E-state index contributed by atoms with van der Waals surface area (Å²) in [5.41, 5.74) is 2.77. The van der Waals surface area contributed by atoms with E-state index in [1.807, 2.05) is 12.4 Å². The molecule has 1 aromatic heterocycles. The number of hydrogen-bond donors (Lipinski definition) is 0. The molecule has 1 atom stereocenters. The van der Waals surface area contributed by atoms with Crippen molar-refractivity contribution in [3.63, 3.8) is 0 Å². The van der Waals surface area contributed by atoms with Crippen LogP contribution < -0.4 is 0 Å². The summed E-state index contributed by atoms with van der Waals surface area (Å²) in [6.45, 7) is 3.38. The molecule has 1 aliphatic rings. The summed E-state index contributed by atoms with van der Waals surface area (Å²) >= 11 is 0. The standard InChI is InChI=1S/C11H16N2/c1-9-8-12-6-5-10(9)11-4-3-7-13(11)2/h5-6,8,11H,3-4,7H2,1-2H3. The van der Waals surface area contributed by atoms with Gasteiger partial charge in [-0.15, -0.1) is 0 Å². The summed E-state index contributed by atoms with van der Waals surface area (Å²) in [5, 5.41) is 0. The van der Waals surface area contributed by atoms with Gasteiger partial charge in [0.1, 0.15) is 0 Å². The van der Waals surface area contributed by atoms with Gasteiger partial charge in [0.05, 0.1) is 0 Å². The van der Waals surface area contributed by atoms with E-state index in [-0.39, 0.29) is 0 Å². The topological polar surface area (TPSA) is 16.1 Å². The molecule has 13 heavy (non-hydrogen) atoms. The Bertz CT molecular complexity index is 296. The predicted molar refractivity (Wildman–Crippen MR) is 53.6 cm³/mol. The fourth-order valence-electron chi connectivity index (χ4n) is 2.16. The molecular weight excluding hydrogens is 160 g/mol.